The van der Waals surface area contributed by atoms with Gasteiger partial charge in [0.15, 0.2) is 7.29 Å². The molecule has 0 aliphatic rings. The highest BCUT2D eigenvalue weighted by molar-refractivity contribution is 7.68. The molecule has 89 valence electrons. The van der Waals surface area contributed by atoms with Crippen molar-refractivity contribution in [3.05, 3.63) is 30.3 Å². The highest BCUT2D eigenvalue weighted by Gasteiger charge is 2.17. The van der Waals surface area contributed by atoms with Gasteiger partial charge in [0.25, 0.3) is 0 Å². The van der Waals surface area contributed by atoms with E-state index in [0.29, 0.717) is 0 Å². The van der Waals surface area contributed by atoms with Crippen LogP contribution in [0, 0.1) is 0 Å². The Bertz CT molecular complexity index is 337. The predicted octanol–water partition coefficient (Wildman–Crippen LogP) is 3.40. The van der Waals surface area contributed by atoms with Crippen LogP contribution in [-0.4, -0.2) is 13.2 Å². The van der Waals surface area contributed by atoms with Gasteiger partial charge in [0.05, 0.1) is 0 Å². The van der Waals surface area contributed by atoms with Gasteiger partial charge in [0, 0.05) is 18.5 Å². The van der Waals surface area contributed by atoms with Crippen LogP contribution >= 0.6 is 7.29 Å². The zero-order valence-corrected chi connectivity index (χ0v) is 11.1. The highest BCUT2D eigenvalue weighted by Crippen LogP contribution is 2.36. The number of hydrogen-bond acceptors (Lipinski definition) is 1. The molecule has 0 aromatic heterocycles. The summed E-state index contributed by atoms with van der Waals surface area (Å²) in [5.41, 5.74) is 0. The molecule has 1 aromatic carbocycles. The lowest BCUT2D eigenvalue weighted by molar-refractivity contribution is 0.569. The van der Waals surface area contributed by atoms with E-state index in [9.17, 15) is 4.57 Å². The first-order chi connectivity index (χ1) is 7.67. The Hall–Kier alpha value is -0.590. The summed E-state index contributed by atoms with van der Waals surface area (Å²) in [5.74, 6) is 0. The molecule has 1 radical (unpaired) electrons. The molecule has 0 aliphatic heterocycles. The first-order valence-electron chi connectivity index (χ1n) is 5.99. The van der Waals surface area contributed by atoms with Gasteiger partial charge in [-0.05, 0) is 6.42 Å². The second-order valence-electron chi connectivity index (χ2n) is 4.14. The van der Waals surface area contributed by atoms with Crippen molar-refractivity contribution in [2.45, 2.75) is 32.6 Å². The molecule has 1 rings (SSSR count). The molecular weight excluding hydrogens is 217 g/mol. The van der Waals surface area contributed by atoms with Gasteiger partial charge >= 0.3 is 0 Å². The van der Waals surface area contributed by atoms with Crippen molar-refractivity contribution in [2.24, 2.45) is 0 Å². The van der Waals surface area contributed by atoms with Gasteiger partial charge in [-0.25, -0.2) is 0 Å². The molecule has 0 bridgehead atoms. The van der Waals surface area contributed by atoms with Gasteiger partial charge in [0.2, 0.25) is 0 Å². The lowest BCUT2D eigenvalue weighted by Crippen LogP contribution is -2.13. The largest absolute Gasteiger partial charge is 0.300 e. The van der Waals surface area contributed by atoms with Crippen molar-refractivity contribution in [1.82, 2.24) is 5.09 Å². The lowest BCUT2D eigenvalue weighted by Gasteiger charge is -2.12. The van der Waals surface area contributed by atoms with Crippen LogP contribution in [0.2, 0.25) is 0 Å². The van der Waals surface area contributed by atoms with Crippen LogP contribution < -0.4 is 10.4 Å². The molecular formula is C13H21NOP. The van der Waals surface area contributed by atoms with Crippen LogP contribution in [0.25, 0.3) is 0 Å². The molecule has 0 unspecified atom stereocenters. The topological polar surface area (TPSA) is 31.2 Å². The Morgan fingerprint density at radius 1 is 1.12 bits per heavy atom. The van der Waals surface area contributed by atoms with E-state index >= 15 is 0 Å². The van der Waals surface area contributed by atoms with E-state index < -0.39 is 7.29 Å². The van der Waals surface area contributed by atoms with Crippen LogP contribution in [-0.2, 0) is 4.57 Å². The van der Waals surface area contributed by atoms with Crippen molar-refractivity contribution in [3.8, 4) is 0 Å². The summed E-state index contributed by atoms with van der Waals surface area (Å²) in [6.07, 6.45) is 4.71. The van der Waals surface area contributed by atoms with Gasteiger partial charge in [-0.3, -0.25) is 0 Å². The molecule has 16 heavy (non-hydrogen) atoms. The molecule has 0 saturated carbocycles. The Labute approximate surface area is 98.9 Å². The van der Waals surface area contributed by atoms with Crippen molar-refractivity contribution in [2.75, 3.05) is 13.2 Å². The molecule has 0 saturated heterocycles. The van der Waals surface area contributed by atoms with Gasteiger partial charge in [-0.2, -0.15) is 5.09 Å². The van der Waals surface area contributed by atoms with Gasteiger partial charge < -0.3 is 4.57 Å². The first kappa shape index (κ1) is 13.5. The van der Waals surface area contributed by atoms with Crippen molar-refractivity contribution >= 4 is 12.6 Å². The van der Waals surface area contributed by atoms with Crippen molar-refractivity contribution in [3.63, 3.8) is 0 Å². The summed E-state index contributed by atoms with van der Waals surface area (Å²) in [4.78, 5) is 0. The van der Waals surface area contributed by atoms with E-state index in [-0.39, 0.29) is 0 Å². The van der Waals surface area contributed by atoms with Gasteiger partial charge in [-0.15, -0.1) is 0 Å². The van der Waals surface area contributed by atoms with Crippen molar-refractivity contribution < 1.29 is 4.57 Å². The average Bonchev–Trinajstić information content (AvgIpc) is 2.30. The summed E-state index contributed by atoms with van der Waals surface area (Å²) < 4.78 is 12.3. The van der Waals surface area contributed by atoms with E-state index in [2.05, 4.69) is 12.0 Å². The van der Waals surface area contributed by atoms with E-state index in [4.69, 9.17) is 0 Å². The molecule has 1 aromatic rings. The molecule has 0 N–H and O–H groups in total. The minimum absolute atomic E-state index is 0.725. The molecule has 0 amide bonds. The third-order valence-corrected chi connectivity index (χ3v) is 4.61. The van der Waals surface area contributed by atoms with E-state index in [1.807, 2.05) is 30.3 Å². The third-order valence-electron chi connectivity index (χ3n) is 2.62. The molecule has 0 fully saturated rings. The van der Waals surface area contributed by atoms with Crippen LogP contribution in [0.3, 0.4) is 0 Å². The first-order valence-corrected chi connectivity index (χ1v) is 8.09. The van der Waals surface area contributed by atoms with Crippen LogP contribution in [0.5, 0.6) is 0 Å². The normalized spacial score (nSPS) is 14.6. The van der Waals surface area contributed by atoms with E-state index in [1.165, 1.54) is 19.3 Å². The van der Waals surface area contributed by atoms with Crippen molar-refractivity contribution in [1.29, 1.82) is 0 Å². The Morgan fingerprint density at radius 3 is 2.44 bits per heavy atom. The maximum atomic E-state index is 12.3. The van der Waals surface area contributed by atoms with Crippen LogP contribution in [0.15, 0.2) is 30.3 Å². The molecule has 3 heteroatoms. The zero-order chi connectivity index (χ0) is 11.9. The number of nitrogens with zero attached hydrogens (tertiary/aromatic N) is 1. The Kier molecular flexibility index (Phi) is 5.79. The predicted molar refractivity (Wildman–Crippen MR) is 70.7 cm³/mol. The molecule has 2 nitrogen and oxygen atoms in total. The fraction of sp³-hybridized carbons (Fsp3) is 0.538. The average molecular weight is 238 g/mol. The Morgan fingerprint density at radius 2 is 1.81 bits per heavy atom. The zero-order valence-electron chi connectivity index (χ0n) is 10.2. The van der Waals surface area contributed by atoms with E-state index in [1.54, 1.807) is 6.66 Å². The minimum Gasteiger partial charge on any atom is -0.300 e. The summed E-state index contributed by atoms with van der Waals surface area (Å²) in [6, 6.07) is 9.56. The minimum atomic E-state index is -2.47. The number of hydrogen-bond donors (Lipinski definition) is 0. The monoisotopic (exact) mass is 238 g/mol. The molecule has 0 heterocycles. The SMILES string of the molecule is CCCCCC[N][P@](C)(=O)c1ccccc1. The third kappa shape index (κ3) is 4.51. The number of rotatable bonds is 7. The van der Waals surface area contributed by atoms with Gasteiger partial charge in [0.1, 0.15) is 0 Å². The lowest BCUT2D eigenvalue weighted by atomic mass is 10.2. The summed E-state index contributed by atoms with van der Waals surface area (Å²) in [6.45, 7) is 4.66. The summed E-state index contributed by atoms with van der Waals surface area (Å²) in [5, 5.41) is 5.22. The quantitative estimate of drug-likeness (QED) is 0.529. The van der Waals surface area contributed by atoms with Crippen LogP contribution in [0.1, 0.15) is 32.6 Å². The highest BCUT2D eigenvalue weighted by atomic mass is 31.2. The molecule has 0 aliphatic carbocycles. The number of benzene rings is 1. The summed E-state index contributed by atoms with van der Waals surface area (Å²) in [7, 11) is -2.47. The standard InChI is InChI=1S/C13H21NOP/c1-3-4-5-9-12-14-16(2,15)13-10-7-6-8-11-13/h6-8,10-11H,3-5,9,12H2,1-2H3/t16-/m1/s1. The van der Waals surface area contributed by atoms with Crippen LogP contribution in [0.4, 0.5) is 0 Å². The fourth-order valence-electron chi connectivity index (χ4n) is 1.59. The summed E-state index contributed by atoms with van der Waals surface area (Å²) >= 11 is 0. The second-order valence-corrected chi connectivity index (χ2v) is 6.70. The number of unbranched alkanes of at least 4 members (excludes halogenated alkanes) is 3. The molecule has 0 spiro atoms. The fourth-order valence-corrected chi connectivity index (χ4v) is 3.00. The van der Waals surface area contributed by atoms with Gasteiger partial charge in [-0.1, -0.05) is 56.5 Å². The van der Waals surface area contributed by atoms with E-state index in [0.717, 1.165) is 18.3 Å². The maximum absolute atomic E-state index is 12.3. The smallest absolute Gasteiger partial charge is 0.189 e. The second kappa shape index (κ2) is 6.88. The molecule has 1 atom stereocenters. The Balaban J connectivity index is 2.38. The maximum Gasteiger partial charge on any atom is 0.189 e.